The van der Waals surface area contributed by atoms with Gasteiger partial charge in [-0.3, -0.25) is 10.4 Å². The van der Waals surface area contributed by atoms with Gasteiger partial charge in [0.1, 0.15) is 0 Å². The first-order valence-electron chi connectivity index (χ1n) is 4.46. The molecule has 0 radical (unpaired) electrons. The van der Waals surface area contributed by atoms with Crippen LogP contribution in [0.2, 0.25) is 0 Å². The molecule has 1 rings (SSSR count). The third kappa shape index (κ3) is 3.05. The van der Waals surface area contributed by atoms with Gasteiger partial charge in [-0.2, -0.15) is 0 Å². The number of carbonyl (C=O) groups is 1. The van der Waals surface area contributed by atoms with Crippen LogP contribution in [0.3, 0.4) is 0 Å². The van der Waals surface area contributed by atoms with E-state index in [9.17, 15) is 4.79 Å². The second-order valence-corrected chi connectivity index (χ2v) is 3.11. The molecular formula is C10H13N3O2. The quantitative estimate of drug-likeness (QED) is 0.539. The molecule has 1 amide bonds. The topological polar surface area (TPSA) is 75.1 Å². The lowest BCUT2D eigenvalue weighted by molar-refractivity contribution is 0.199. The number of aromatic nitrogens is 1. The van der Waals surface area contributed by atoms with Gasteiger partial charge >= 0.3 is 6.09 Å². The zero-order valence-corrected chi connectivity index (χ0v) is 8.92. The second kappa shape index (κ2) is 4.54. The summed E-state index contributed by atoms with van der Waals surface area (Å²) >= 11 is 0. The smallest absolute Gasteiger partial charge is 0.391 e. The van der Waals surface area contributed by atoms with Gasteiger partial charge < -0.3 is 10.1 Å². The van der Waals surface area contributed by atoms with E-state index in [1.807, 2.05) is 13.8 Å². The number of nitrogens with one attached hydrogen (secondary N) is 2. The van der Waals surface area contributed by atoms with Crippen LogP contribution in [0.1, 0.15) is 17.0 Å². The lowest BCUT2D eigenvalue weighted by Gasteiger charge is -2.06. The van der Waals surface area contributed by atoms with E-state index >= 15 is 0 Å². The standard InChI is InChI=1S/C10H13N3O2/c1-6-4-8(5-7(2)13-6)9(11)15-10(14)12-3/h4-5,11H,1-3H3,(H,12,14). The van der Waals surface area contributed by atoms with Crippen LogP contribution in [0, 0.1) is 19.3 Å². The second-order valence-electron chi connectivity index (χ2n) is 3.11. The van der Waals surface area contributed by atoms with Crippen molar-refractivity contribution in [1.82, 2.24) is 10.3 Å². The maximum Gasteiger partial charge on any atom is 0.413 e. The molecule has 80 valence electrons. The molecule has 0 bridgehead atoms. The molecule has 0 aromatic carbocycles. The van der Waals surface area contributed by atoms with E-state index < -0.39 is 6.09 Å². The first kappa shape index (κ1) is 11.2. The van der Waals surface area contributed by atoms with Gasteiger partial charge in [-0.05, 0) is 26.0 Å². The molecule has 1 aromatic heterocycles. The Hall–Kier alpha value is -1.91. The van der Waals surface area contributed by atoms with Gasteiger partial charge in [0.15, 0.2) is 0 Å². The molecule has 0 aliphatic heterocycles. The van der Waals surface area contributed by atoms with Crippen LogP contribution in [0.5, 0.6) is 0 Å². The van der Waals surface area contributed by atoms with Crippen molar-refractivity contribution in [3.8, 4) is 0 Å². The minimum Gasteiger partial charge on any atom is -0.391 e. The number of alkyl carbamates (subject to hydrolysis) is 1. The van der Waals surface area contributed by atoms with Crippen molar-refractivity contribution < 1.29 is 9.53 Å². The largest absolute Gasteiger partial charge is 0.413 e. The molecule has 0 spiro atoms. The summed E-state index contributed by atoms with van der Waals surface area (Å²) < 4.78 is 4.70. The van der Waals surface area contributed by atoms with Gasteiger partial charge in [-0.1, -0.05) is 0 Å². The zero-order valence-electron chi connectivity index (χ0n) is 8.92. The lowest BCUT2D eigenvalue weighted by atomic mass is 10.2. The Balaban J connectivity index is 2.86. The fourth-order valence-electron chi connectivity index (χ4n) is 1.17. The third-order valence-corrected chi connectivity index (χ3v) is 1.74. The number of hydrogen-bond acceptors (Lipinski definition) is 4. The van der Waals surface area contributed by atoms with E-state index in [-0.39, 0.29) is 5.90 Å². The molecule has 0 saturated carbocycles. The summed E-state index contributed by atoms with van der Waals surface area (Å²) in [5.74, 6) is -0.178. The number of pyridine rings is 1. The highest BCUT2D eigenvalue weighted by Gasteiger charge is 2.08. The minimum atomic E-state index is -0.646. The normalized spacial score (nSPS) is 9.53. The van der Waals surface area contributed by atoms with Crippen LogP contribution < -0.4 is 5.32 Å². The molecular weight excluding hydrogens is 194 g/mol. The number of nitrogens with zero attached hydrogens (tertiary/aromatic N) is 1. The predicted molar refractivity (Wildman–Crippen MR) is 56.1 cm³/mol. The average molecular weight is 207 g/mol. The van der Waals surface area contributed by atoms with E-state index in [2.05, 4.69) is 10.3 Å². The van der Waals surface area contributed by atoms with E-state index in [4.69, 9.17) is 10.1 Å². The SMILES string of the molecule is CNC(=O)OC(=N)c1cc(C)nc(C)c1. The summed E-state index contributed by atoms with van der Waals surface area (Å²) in [5, 5.41) is 9.82. The van der Waals surface area contributed by atoms with Crippen molar-refractivity contribution in [3.05, 3.63) is 29.1 Å². The van der Waals surface area contributed by atoms with Crippen molar-refractivity contribution >= 4 is 12.0 Å². The highest BCUT2D eigenvalue weighted by atomic mass is 16.6. The Labute approximate surface area is 88.0 Å². The van der Waals surface area contributed by atoms with Crippen LogP contribution in [0.25, 0.3) is 0 Å². The van der Waals surface area contributed by atoms with E-state index in [1.54, 1.807) is 12.1 Å². The van der Waals surface area contributed by atoms with E-state index in [0.717, 1.165) is 11.4 Å². The summed E-state index contributed by atoms with van der Waals surface area (Å²) in [5.41, 5.74) is 2.12. The number of aryl methyl sites for hydroxylation is 2. The van der Waals surface area contributed by atoms with Gasteiger partial charge in [-0.15, -0.1) is 0 Å². The summed E-state index contributed by atoms with van der Waals surface area (Å²) in [4.78, 5) is 15.0. The number of rotatable bonds is 1. The fourth-order valence-corrected chi connectivity index (χ4v) is 1.17. The zero-order chi connectivity index (χ0) is 11.4. The molecule has 15 heavy (non-hydrogen) atoms. The molecule has 1 heterocycles. The van der Waals surface area contributed by atoms with Gasteiger partial charge in [-0.25, -0.2) is 4.79 Å². The fraction of sp³-hybridized carbons (Fsp3) is 0.300. The molecule has 0 fully saturated rings. The summed E-state index contributed by atoms with van der Waals surface area (Å²) in [6.07, 6.45) is -0.646. The Kier molecular flexibility index (Phi) is 3.38. The first-order chi connectivity index (χ1) is 7.02. The minimum absolute atomic E-state index is 0.178. The third-order valence-electron chi connectivity index (χ3n) is 1.74. The predicted octanol–water partition coefficient (Wildman–Crippen LogP) is 1.38. The molecule has 1 aromatic rings. The number of hydrogen-bond donors (Lipinski definition) is 2. The molecule has 0 atom stereocenters. The van der Waals surface area contributed by atoms with Crippen molar-refractivity contribution in [2.24, 2.45) is 0 Å². The maximum atomic E-state index is 10.9. The molecule has 0 aliphatic carbocycles. The molecule has 2 N–H and O–H groups in total. The maximum absolute atomic E-state index is 10.9. The Bertz CT molecular complexity index is 381. The first-order valence-corrected chi connectivity index (χ1v) is 4.46. The van der Waals surface area contributed by atoms with Crippen molar-refractivity contribution in [1.29, 1.82) is 5.41 Å². The molecule has 0 unspecified atom stereocenters. The number of amides is 1. The number of ether oxygens (including phenoxy) is 1. The molecule has 5 nitrogen and oxygen atoms in total. The Morgan fingerprint density at radius 2 is 1.93 bits per heavy atom. The number of carbonyl (C=O) groups excluding carboxylic acids is 1. The highest BCUT2D eigenvalue weighted by Crippen LogP contribution is 2.06. The summed E-state index contributed by atoms with van der Waals surface area (Å²) in [6.45, 7) is 3.65. The molecule has 0 aliphatic rings. The Morgan fingerprint density at radius 1 is 1.40 bits per heavy atom. The van der Waals surface area contributed by atoms with E-state index in [1.165, 1.54) is 7.05 Å². The van der Waals surface area contributed by atoms with Crippen LogP contribution in [-0.2, 0) is 4.74 Å². The van der Waals surface area contributed by atoms with Gasteiger partial charge in [0.2, 0.25) is 5.90 Å². The molecule has 5 heteroatoms. The van der Waals surface area contributed by atoms with Crippen LogP contribution in [0.4, 0.5) is 4.79 Å². The van der Waals surface area contributed by atoms with E-state index in [0.29, 0.717) is 5.56 Å². The van der Waals surface area contributed by atoms with Crippen molar-refractivity contribution in [2.45, 2.75) is 13.8 Å². The van der Waals surface area contributed by atoms with Crippen molar-refractivity contribution in [3.63, 3.8) is 0 Å². The molecule has 0 saturated heterocycles. The van der Waals surface area contributed by atoms with Gasteiger partial charge in [0.25, 0.3) is 0 Å². The van der Waals surface area contributed by atoms with Gasteiger partial charge in [0, 0.05) is 24.0 Å². The summed E-state index contributed by atoms with van der Waals surface area (Å²) in [7, 11) is 1.44. The highest BCUT2D eigenvalue weighted by molar-refractivity contribution is 5.98. The summed E-state index contributed by atoms with van der Waals surface area (Å²) in [6, 6.07) is 3.39. The van der Waals surface area contributed by atoms with Crippen LogP contribution in [0.15, 0.2) is 12.1 Å². The monoisotopic (exact) mass is 207 g/mol. The lowest BCUT2D eigenvalue weighted by Crippen LogP contribution is -2.23. The van der Waals surface area contributed by atoms with Crippen LogP contribution in [-0.4, -0.2) is 24.0 Å². The van der Waals surface area contributed by atoms with Crippen molar-refractivity contribution in [2.75, 3.05) is 7.05 Å². The van der Waals surface area contributed by atoms with Gasteiger partial charge in [0.05, 0.1) is 0 Å². The average Bonchev–Trinajstić information content (AvgIpc) is 2.16. The van der Waals surface area contributed by atoms with Crippen LogP contribution >= 0.6 is 0 Å². The Morgan fingerprint density at radius 3 is 2.40 bits per heavy atom.